The van der Waals surface area contributed by atoms with Crippen molar-refractivity contribution in [1.82, 2.24) is 4.90 Å². The van der Waals surface area contributed by atoms with Gasteiger partial charge in [-0.1, -0.05) is 54.6 Å². The number of rotatable bonds is 8. The Labute approximate surface area is 164 Å². The van der Waals surface area contributed by atoms with Crippen LogP contribution in [0.3, 0.4) is 0 Å². The second kappa shape index (κ2) is 9.58. The standard InChI is InChI=1S/C24H32ClN/c1-19(2)26(18-21-7-4-3-5-8-21)16-6-9-20-10-12-22(13-11-20)23-14-15-24(25)17-23/h3-5,7-8,10-13,19,23-24H,6,9,14-18H2,1-2H3. The number of alkyl halides is 1. The minimum Gasteiger partial charge on any atom is -0.297 e. The maximum absolute atomic E-state index is 6.27. The molecule has 0 aliphatic heterocycles. The summed E-state index contributed by atoms with van der Waals surface area (Å²) in [6.45, 7) is 6.77. The predicted octanol–water partition coefficient (Wildman–Crippen LogP) is 6.40. The molecule has 1 nitrogen and oxygen atoms in total. The topological polar surface area (TPSA) is 3.24 Å². The molecule has 0 amide bonds. The summed E-state index contributed by atoms with van der Waals surface area (Å²) in [4.78, 5) is 2.57. The highest BCUT2D eigenvalue weighted by molar-refractivity contribution is 6.20. The van der Waals surface area contributed by atoms with Crippen LogP contribution in [0.5, 0.6) is 0 Å². The van der Waals surface area contributed by atoms with E-state index in [2.05, 4.69) is 73.3 Å². The molecule has 0 saturated heterocycles. The molecule has 0 spiro atoms. The summed E-state index contributed by atoms with van der Waals surface area (Å²) < 4.78 is 0. The van der Waals surface area contributed by atoms with Crippen molar-refractivity contribution in [2.24, 2.45) is 0 Å². The van der Waals surface area contributed by atoms with E-state index in [-0.39, 0.29) is 0 Å². The molecule has 2 atom stereocenters. The number of nitrogens with zero attached hydrogens (tertiary/aromatic N) is 1. The molecule has 0 aromatic heterocycles. The number of benzene rings is 2. The molecule has 1 aliphatic rings. The first kappa shape index (κ1) is 19.5. The van der Waals surface area contributed by atoms with Gasteiger partial charge in [0.05, 0.1) is 0 Å². The molecule has 140 valence electrons. The Hall–Kier alpha value is -1.31. The van der Waals surface area contributed by atoms with Crippen molar-refractivity contribution in [3.8, 4) is 0 Å². The molecule has 1 aliphatic carbocycles. The van der Waals surface area contributed by atoms with Gasteiger partial charge < -0.3 is 0 Å². The summed E-state index contributed by atoms with van der Waals surface area (Å²) in [7, 11) is 0. The highest BCUT2D eigenvalue weighted by Crippen LogP contribution is 2.37. The Morgan fingerprint density at radius 2 is 1.69 bits per heavy atom. The van der Waals surface area contributed by atoms with E-state index in [0.29, 0.717) is 17.3 Å². The quantitative estimate of drug-likeness (QED) is 0.486. The average Bonchev–Trinajstić information content (AvgIpc) is 3.08. The molecule has 26 heavy (non-hydrogen) atoms. The lowest BCUT2D eigenvalue weighted by atomic mass is 9.96. The average molecular weight is 370 g/mol. The zero-order chi connectivity index (χ0) is 18.4. The van der Waals surface area contributed by atoms with Crippen molar-refractivity contribution in [3.63, 3.8) is 0 Å². The Morgan fingerprint density at radius 1 is 0.962 bits per heavy atom. The van der Waals surface area contributed by atoms with E-state index in [1.165, 1.54) is 36.0 Å². The van der Waals surface area contributed by atoms with Crippen LogP contribution in [-0.2, 0) is 13.0 Å². The smallest absolute Gasteiger partial charge is 0.0342 e. The number of halogens is 1. The van der Waals surface area contributed by atoms with Crippen LogP contribution in [0.1, 0.15) is 62.1 Å². The maximum atomic E-state index is 6.27. The fraction of sp³-hybridized carbons (Fsp3) is 0.500. The van der Waals surface area contributed by atoms with Crippen molar-refractivity contribution in [2.45, 2.75) is 69.8 Å². The molecule has 0 N–H and O–H groups in total. The second-order valence-corrected chi connectivity index (χ2v) is 8.62. The monoisotopic (exact) mass is 369 g/mol. The molecular weight excluding hydrogens is 338 g/mol. The number of hydrogen-bond donors (Lipinski definition) is 0. The molecule has 3 rings (SSSR count). The van der Waals surface area contributed by atoms with Gasteiger partial charge in [0, 0.05) is 18.0 Å². The Morgan fingerprint density at radius 3 is 2.31 bits per heavy atom. The summed E-state index contributed by atoms with van der Waals surface area (Å²) in [6.07, 6.45) is 5.92. The summed E-state index contributed by atoms with van der Waals surface area (Å²) in [6, 6.07) is 20.7. The van der Waals surface area contributed by atoms with Crippen LogP contribution in [0.2, 0.25) is 0 Å². The Kier molecular flexibility index (Phi) is 7.16. The number of hydrogen-bond acceptors (Lipinski definition) is 1. The largest absolute Gasteiger partial charge is 0.297 e. The number of aryl methyl sites for hydroxylation is 1. The van der Waals surface area contributed by atoms with Crippen LogP contribution in [0.15, 0.2) is 54.6 Å². The van der Waals surface area contributed by atoms with Gasteiger partial charge in [-0.25, -0.2) is 0 Å². The third kappa shape index (κ3) is 5.59. The molecule has 0 bridgehead atoms. The fourth-order valence-corrected chi connectivity index (χ4v) is 4.35. The summed E-state index contributed by atoms with van der Waals surface area (Å²) in [5, 5.41) is 0.381. The van der Waals surface area contributed by atoms with E-state index >= 15 is 0 Å². The molecule has 2 aromatic rings. The molecule has 1 fully saturated rings. The van der Waals surface area contributed by atoms with Gasteiger partial charge in [0.1, 0.15) is 0 Å². The van der Waals surface area contributed by atoms with E-state index in [1.807, 2.05) is 0 Å². The third-order valence-corrected chi connectivity index (χ3v) is 6.09. The molecular formula is C24H32ClN. The van der Waals surface area contributed by atoms with Crippen molar-refractivity contribution < 1.29 is 0 Å². The fourth-order valence-electron chi connectivity index (χ4n) is 4.01. The first-order chi connectivity index (χ1) is 12.6. The van der Waals surface area contributed by atoms with Crippen LogP contribution in [0, 0.1) is 0 Å². The third-order valence-electron chi connectivity index (χ3n) is 5.69. The summed E-state index contributed by atoms with van der Waals surface area (Å²) in [5.74, 6) is 0.675. The van der Waals surface area contributed by atoms with Crippen LogP contribution in [-0.4, -0.2) is 22.9 Å². The van der Waals surface area contributed by atoms with E-state index in [9.17, 15) is 0 Å². The highest BCUT2D eigenvalue weighted by atomic mass is 35.5. The highest BCUT2D eigenvalue weighted by Gasteiger charge is 2.23. The molecule has 0 radical (unpaired) electrons. The molecule has 2 aromatic carbocycles. The molecule has 2 heteroatoms. The van der Waals surface area contributed by atoms with Gasteiger partial charge >= 0.3 is 0 Å². The van der Waals surface area contributed by atoms with Gasteiger partial charge in [0.2, 0.25) is 0 Å². The minimum atomic E-state index is 0.381. The SMILES string of the molecule is CC(C)N(CCCc1ccc(C2CCC(Cl)C2)cc1)Cc1ccccc1. The normalized spacial score (nSPS) is 20.2. The molecule has 2 unspecified atom stereocenters. The van der Waals surface area contributed by atoms with Crippen molar-refractivity contribution >= 4 is 11.6 Å². The molecule has 0 heterocycles. The van der Waals surface area contributed by atoms with Crippen LogP contribution < -0.4 is 0 Å². The zero-order valence-electron chi connectivity index (χ0n) is 16.2. The maximum Gasteiger partial charge on any atom is 0.0342 e. The molecule has 1 saturated carbocycles. The Bertz CT molecular complexity index is 650. The van der Waals surface area contributed by atoms with Crippen LogP contribution in [0.25, 0.3) is 0 Å². The lowest BCUT2D eigenvalue weighted by Crippen LogP contribution is -2.31. The van der Waals surface area contributed by atoms with Gasteiger partial charge in [-0.05, 0) is 75.1 Å². The van der Waals surface area contributed by atoms with Crippen molar-refractivity contribution in [3.05, 3.63) is 71.3 Å². The predicted molar refractivity (Wildman–Crippen MR) is 113 cm³/mol. The van der Waals surface area contributed by atoms with Gasteiger partial charge in [-0.15, -0.1) is 11.6 Å². The summed E-state index contributed by atoms with van der Waals surface area (Å²) >= 11 is 6.27. The minimum absolute atomic E-state index is 0.381. The van der Waals surface area contributed by atoms with Crippen LogP contribution >= 0.6 is 11.6 Å². The first-order valence-corrected chi connectivity index (χ1v) is 10.6. The summed E-state index contributed by atoms with van der Waals surface area (Å²) in [5.41, 5.74) is 4.34. The second-order valence-electron chi connectivity index (χ2n) is 8.00. The van der Waals surface area contributed by atoms with Gasteiger partial charge in [-0.2, -0.15) is 0 Å². The van der Waals surface area contributed by atoms with Crippen molar-refractivity contribution in [2.75, 3.05) is 6.54 Å². The van der Waals surface area contributed by atoms with E-state index in [1.54, 1.807) is 0 Å². The van der Waals surface area contributed by atoms with Gasteiger partial charge in [0.25, 0.3) is 0 Å². The van der Waals surface area contributed by atoms with E-state index in [0.717, 1.165) is 25.9 Å². The van der Waals surface area contributed by atoms with E-state index in [4.69, 9.17) is 11.6 Å². The zero-order valence-corrected chi connectivity index (χ0v) is 17.0. The Balaban J connectivity index is 1.48. The van der Waals surface area contributed by atoms with Gasteiger partial charge in [0.15, 0.2) is 0 Å². The van der Waals surface area contributed by atoms with Crippen molar-refractivity contribution in [1.29, 1.82) is 0 Å². The van der Waals surface area contributed by atoms with E-state index < -0.39 is 0 Å². The lowest BCUT2D eigenvalue weighted by molar-refractivity contribution is 0.210. The van der Waals surface area contributed by atoms with Crippen LogP contribution in [0.4, 0.5) is 0 Å². The first-order valence-electron chi connectivity index (χ1n) is 10.1. The lowest BCUT2D eigenvalue weighted by Gasteiger charge is -2.26. The van der Waals surface area contributed by atoms with Gasteiger partial charge in [-0.3, -0.25) is 4.90 Å².